The van der Waals surface area contributed by atoms with Gasteiger partial charge in [0.05, 0.1) is 6.61 Å². The highest BCUT2D eigenvalue weighted by molar-refractivity contribution is 5.88. The maximum absolute atomic E-state index is 11.1. The lowest BCUT2D eigenvalue weighted by atomic mass is 10.1. The van der Waals surface area contributed by atoms with Gasteiger partial charge >= 0.3 is 5.97 Å². The summed E-state index contributed by atoms with van der Waals surface area (Å²) in [4.78, 5) is 15.2. The van der Waals surface area contributed by atoms with Crippen LogP contribution in [0.5, 0.6) is 0 Å². The van der Waals surface area contributed by atoms with Crippen molar-refractivity contribution in [2.45, 2.75) is 26.3 Å². The fourth-order valence-electron chi connectivity index (χ4n) is 1.09. The van der Waals surface area contributed by atoms with Crippen LogP contribution in [0, 0.1) is 0 Å². The molecule has 0 spiro atoms. The van der Waals surface area contributed by atoms with Crippen molar-refractivity contribution >= 4 is 12.2 Å². The predicted octanol–water partition coefficient (Wildman–Crippen LogP) is 1.34. The van der Waals surface area contributed by atoms with Gasteiger partial charge in [-0.25, -0.2) is 4.79 Å². The molecule has 0 bridgehead atoms. The van der Waals surface area contributed by atoms with Gasteiger partial charge < -0.3 is 4.74 Å². The second kappa shape index (κ2) is 4.04. The number of aliphatic imine (C=N–C) groups is 1. The third-order valence-corrected chi connectivity index (χ3v) is 1.78. The largest absolute Gasteiger partial charge is 0.464 e. The zero-order valence-corrected chi connectivity index (χ0v) is 7.41. The van der Waals surface area contributed by atoms with E-state index in [1.807, 2.05) is 13.0 Å². The molecule has 1 aliphatic heterocycles. The van der Waals surface area contributed by atoms with E-state index in [0.717, 1.165) is 5.57 Å². The molecule has 3 nitrogen and oxygen atoms in total. The molecule has 0 aromatic rings. The quantitative estimate of drug-likeness (QED) is 0.582. The summed E-state index contributed by atoms with van der Waals surface area (Å²) >= 11 is 0. The van der Waals surface area contributed by atoms with Crippen LogP contribution in [-0.4, -0.2) is 24.8 Å². The van der Waals surface area contributed by atoms with Crippen molar-refractivity contribution in [1.29, 1.82) is 0 Å². The van der Waals surface area contributed by atoms with Gasteiger partial charge in [0.1, 0.15) is 0 Å². The number of ether oxygens (including phenoxy) is 1. The van der Waals surface area contributed by atoms with E-state index in [1.165, 1.54) is 0 Å². The number of carbonyl (C=O) groups is 1. The molecule has 1 aliphatic rings. The van der Waals surface area contributed by atoms with E-state index in [1.54, 1.807) is 13.1 Å². The molecule has 0 amide bonds. The van der Waals surface area contributed by atoms with Gasteiger partial charge in [0.15, 0.2) is 6.04 Å². The Morgan fingerprint density at radius 2 is 2.67 bits per heavy atom. The molecule has 1 atom stereocenters. The molecule has 12 heavy (non-hydrogen) atoms. The third kappa shape index (κ3) is 1.94. The molecular formula is C9H13NO2. The molecule has 1 heterocycles. The fourth-order valence-corrected chi connectivity index (χ4v) is 1.09. The summed E-state index contributed by atoms with van der Waals surface area (Å²) in [6.07, 6.45) is 4.39. The molecule has 0 aromatic carbocycles. The molecule has 1 rings (SSSR count). The van der Waals surface area contributed by atoms with Gasteiger partial charge in [-0.3, -0.25) is 4.99 Å². The van der Waals surface area contributed by atoms with Gasteiger partial charge in [0.25, 0.3) is 0 Å². The van der Waals surface area contributed by atoms with Gasteiger partial charge in [-0.05, 0) is 19.4 Å². The molecular weight excluding hydrogens is 154 g/mol. The molecule has 0 aliphatic carbocycles. The van der Waals surface area contributed by atoms with E-state index in [4.69, 9.17) is 4.74 Å². The number of carbonyl (C=O) groups excluding carboxylic acids is 1. The number of hydrogen-bond acceptors (Lipinski definition) is 3. The Morgan fingerprint density at radius 3 is 3.17 bits per heavy atom. The minimum atomic E-state index is -0.295. The Labute approximate surface area is 72.1 Å². The maximum Gasteiger partial charge on any atom is 0.331 e. The topological polar surface area (TPSA) is 38.7 Å². The smallest absolute Gasteiger partial charge is 0.331 e. The number of rotatable bonds is 2. The number of nitrogens with zero attached hydrogens (tertiary/aromatic N) is 1. The molecule has 1 unspecified atom stereocenters. The number of esters is 1. The lowest BCUT2D eigenvalue weighted by Gasteiger charge is -2.04. The Kier molecular flexibility index (Phi) is 3.02. The zero-order valence-electron chi connectivity index (χ0n) is 7.41. The first-order valence-electron chi connectivity index (χ1n) is 4.13. The van der Waals surface area contributed by atoms with Crippen LogP contribution < -0.4 is 0 Å². The summed E-state index contributed by atoms with van der Waals surface area (Å²) in [7, 11) is 0. The minimum Gasteiger partial charge on any atom is -0.464 e. The Morgan fingerprint density at radius 1 is 1.92 bits per heavy atom. The summed E-state index contributed by atoms with van der Waals surface area (Å²) in [5, 5.41) is 0. The summed E-state index contributed by atoms with van der Waals surface area (Å²) in [6, 6.07) is -0.295. The molecule has 0 aromatic heterocycles. The Balaban J connectivity index is 2.48. The van der Waals surface area contributed by atoms with Crippen LogP contribution in [0.4, 0.5) is 0 Å². The molecule has 66 valence electrons. The van der Waals surface area contributed by atoms with Crippen LogP contribution in [0.15, 0.2) is 16.6 Å². The molecule has 0 radical (unpaired) electrons. The van der Waals surface area contributed by atoms with Gasteiger partial charge in [-0.1, -0.05) is 6.08 Å². The van der Waals surface area contributed by atoms with E-state index in [0.29, 0.717) is 13.0 Å². The number of allylic oxidation sites excluding steroid dienone is 1. The Bertz CT molecular complexity index is 231. The van der Waals surface area contributed by atoms with Crippen LogP contribution in [0.25, 0.3) is 0 Å². The van der Waals surface area contributed by atoms with E-state index >= 15 is 0 Å². The van der Waals surface area contributed by atoms with Crippen molar-refractivity contribution in [2.24, 2.45) is 4.99 Å². The average Bonchev–Trinajstić information content (AvgIpc) is 2.52. The highest BCUT2D eigenvalue weighted by Crippen LogP contribution is 2.15. The first-order valence-corrected chi connectivity index (χ1v) is 4.13. The van der Waals surface area contributed by atoms with E-state index < -0.39 is 0 Å². The van der Waals surface area contributed by atoms with Crippen molar-refractivity contribution in [3.63, 3.8) is 0 Å². The monoisotopic (exact) mass is 167 g/mol. The van der Waals surface area contributed by atoms with E-state index in [2.05, 4.69) is 4.99 Å². The maximum atomic E-state index is 11.1. The summed E-state index contributed by atoms with van der Waals surface area (Å²) in [5.74, 6) is -0.217. The first kappa shape index (κ1) is 8.97. The van der Waals surface area contributed by atoms with Crippen LogP contribution in [0.1, 0.15) is 20.3 Å². The van der Waals surface area contributed by atoms with Crippen molar-refractivity contribution in [3.05, 3.63) is 11.6 Å². The lowest BCUT2D eigenvalue weighted by molar-refractivity contribution is -0.144. The van der Waals surface area contributed by atoms with Crippen LogP contribution >= 0.6 is 0 Å². The van der Waals surface area contributed by atoms with E-state index in [9.17, 15) is 4.79 Å². The second-order valence-corrected chi connectivity index (χ2v) is 2.61. The van der Waals surface area contributed by atoms with Crippen LogP contribution in [-0.2, 0) is 9.53 Å². The molecule has 0 fully saturated rings. The van der Waals surface area contributed by atoms with Gasteiger partial charge in [-0.2, -0.15) is 0 Å². The highest BCUT2D eigenvalue weighted by Gasteiger charge is 2.22. The summed E-state index contributed by atoms with van der Waals surface area (Å²) < 4.78 is 4.84. The van der Waals surface area contributed by atoms with E-state index in [-0.39, 0.29) is 12.0 Å². The van der Waals surface area contributed by atoms with Crippen molar-refractivity contribution < 1.29 is 9.53 Å². The van der Waals surface area contributed by atoms with Crippen molar-refractivity contribution in [2.75, 3.05) is 6.61 Å². The van der Waals surface area contributed by atoms with Gasteiger partial charge in [0.2, 0.25) is 0 Å². The third-order valence-electron chi connectivity index (χ3n) is 1.78. The predicted molar refractivity (Wildman–Crippen MR) is 47.3 cm³/mol. The average molecular weight is 167 g/mol. The lowest BCUT2D eigenvalue weighted by Crippen LogP contribution is -2.18. The fraction of sp³-hybridized carbons (Fsp3) is 0.556. The SMILES string of the molecule is C/C=C1/C=NC(C(=O)OCC)C1. The molecule has 0 N–H and O–H groups in total. The molecule has 0 saturated carbocycles. The second-order valence-electron chi connectivity index (χ2n) is 2.61. The Hall–Kier alpha value is -1.12. The number of hydrogen-bond donors (Lipinski definition) is 0. The van der Waals surface area contributed by atoms with Gasteiger partial charge in [-0.15, -0.1) is 0 Å². The molecule has 0 saturated heterocycles. The zero-order chi connectivity index (χ0) is 8.97. The van der Waals surface area contributed by atoms with Crippen LogP contribution in [0.3, 0.4) is 0 Å². The van der Waals surface area contributed by atoms with Crippen LogP contribution in [0.2, 0.25) is 0 Å². The standard InChI is InChI=1S/C9H13NO2/c1-3-7-5-8(10-6-7)9(11)12-4-2/h3,6,8H,4-5H2,1-2H3/b7-3+. The first-order chi connectivity index (χ1) is 5.77. The summed E-state index contributed by atoms with van der Waals surface area (Å²) in [5.41, 5.74) is 1.10. The minimum absolute atomic E-state index is 0.217. The molecule has 3 heteroatoms. The normalized spacial score (nSPS) is 24.8. The summed E-state index contributed by atoms with van der Waals surface area (Å²) in [6.45, 7) is 4.16. The van der Waals surface area contributed by atoms with Gasteiger partial charge in [0, 0.05) is 12.6 Å². The van der Waals surface area contributed by atoms with Crippen molar-refractivity contribution in [3.8, 4) is 0 Å². The highest BCUT2D eigenvalue weighted by atomic mass is 16.5. The van der Waals surface area contributed by atoms with Crippen molar-refractivity contribution in [1.82, 2.24) is 0 Å².